The maximum atomic E-state index is 9.43. The van der Waals surface area contributed by atoms with Crippen LogP contribution in [0.15, 0.2) is 42.6 Å². The maximum Gasteiger partial charge on any atom is 0.142 e. The van der Waals surface area contributed by atoms with Crippen LogP contribution in [0.4, 0.5) is 11.4 Å². The SMILES string of the molecule is C[C@@H]1CN(c2ccc(C#N)n3nccc23)C[C@@H]2c3ccc(N4CCOC[C@H](N)C4)cc3CN12. The summed E-state index contributed by atoms with van der Waals surface area (Å²) in [6, 6.07) is 15.9. The van der Waals surface area contributed by atoms with E-state index in [2.05, 4.69) is 57.1 Å². The van der Waals surface area contributed by atoms with Crippen LogP contribution in [-0.4, -0.2) is 66.0 Å². The lowest BCUT2D eigenvalue weighted by molar-refractivity contribution is 0.134. The van der Waals surface area contributed by atoms with Crippen molar-refractivity contribution in [1.29, 1.82) is 5.26 Å². The third-order valence-corrected chi connectivity index (χ3v) is 7.33. The van der Waals surface area contributed by atoms with Crippen LogP contribution >= 0.6 is 0 Å². The minimum Gasteiger partial charge on any atom is -0.378 e. The van der Waals surface area contributed by atoms with Gasteiger partial charge in [-0.25, -0.2) is 4.52 Å². The molecule has 3 aliphatic rings. The van der Waals surface area contributed by atoms with Crippen LogP contribution in [-0.2, 0) is 11.3 Å². The monoisotopic (exact) mass is 443 g/mol. The molecule has 0 unspecified atom stereocenters. The summed E-state index contributed by atoms with van der Waals surface area (Å²) in [5.41, 5.74) is 13.0. The number of anilines is 2. The molecule has 6 rings (SSSR count). The largest absolute Gasteiger partial charge is 0.378 e. The quantitative estimate of drug-likeness (QED) is 0.649. The van der Waals surface area contributed by atoms with Crippen molar-refractivity contribution in [3.05, 3.63) is 59.4 Å². The van der Waals surface area contributed by atoms with Crippen LogP contribution in [0.2, 0.25) is 0 Å². The zero-order chi connectivity index (χ0) is 22.5. The van der Waals surface area contributed by atoms with Gasteiger partial charge in [0.25, 0.3) is 0 Å². The van der Waals surface area contributed by atoms with Gasteiger partial charge in [0.15, 0.2) is 0 Å². The molecule has 2 N–H and O–H groups in total. The molecule has 8 nitrogen and oxygen atoms in total. The van der Waals surface area contributed by atoms with Crippen LogP contribution < -0.4 is 15.5 Å². The van der Waals surface area contributed by atoms with Crippen molar-refractivity contribution in [3.63, 3.8) is 0 Å². The number of nitriles is 1. The number of ether oxygens (including phenoxy) is 1. The molecule has 0 amide bonds. The number of nitrogens with two attached hydrogens (primary N) is 1. The van der Waals surface area contributed by atoms with E-state index in [1.54, 1.807) is 10.7 Å². The Morgan fingerprint density at radius 1 is 1.12 bits per heavy atom. The summed E-state index contributed by atoms with van der Waals surface area (Å²) in [7, 11) is 0. The van der Waals surface area contributed by atoms with Gasteiger partial charge in [0.05, 0.1) is 36.7 Å². The van der Waals surface area contributed by atoms with E-state index >= 15 is 0 Å². The predicted molar refractivity (Wildman–Crippen MR) is 127 cm³/mol. The summed E-state index contributed by atoms with van der Waals surface area (Å²) in [6.45, 7) is 8.22. The second kappa shape index (κ2) is 8.03. The minimum atomic E-state index is 0.0495. The molecule has 0 aliphatic carbocycles. The molecule has 3 atom stereocenters. The highest BCUT2D eigenvalue weighted by Gasteiger charge is 2.39. The summed E-state index contributed by atoms with van der Waals surface area (Å²) < 4.78 is 7.38. The van der Waals surface area contributed by atoms with Gasteiger partial charge in [0, 0.05) is 50.5 Å². The number of nitrogens with zero attached hydrogens (tertiary/aromatic N) is 6. The summed E-state index contributed by atoms with van der Waals surface area (Å²) >= 11 is 0. The first kappa shape index (κ1) is 20.5. The number of aromatic nitrogens is 2. The van der Waals surface area contributed by atoms with Gasteiger partial charge in [-0.15, -0.1) is 0 Å². The summed E-state index contributed by atoms with van der Waals surface area (Å²) in [5, 5.41) is 13.8. The molecular formula is C25H29N7O. The molecule has 170 valence electrons. The van der Waals surface area contributed by atoms with Crippen molar-refractivity contribution in [2.75, 3.05) is 49.2 Å². The summed E-state index contributed by atoms with van der Waals surface area (Å²) in [6.07, 6.45) is 1.77. The van der Waals surface area contributed by atoms with Crippen LogP contribution in [0.25, 0.3) is 5.52 Å². The zero-order valence-electron chi connectivity index (χ0n) is 18.9. The minimum absolute atomic E-state index is 0.0495. The van der Waals surface area contributed by atoms with Crippen LogP contribution in [0.1, 0.15) is 29.8 Å². The number of benzene rings is 1. The third kappa shape index (κ3) is 3.44. The van der Waals surface area contributed by atoms with Gasteiger partial charge < -0.3 is 20.3 Å². The molecule has 0 spiro atoms. The normalized spacial score (nSPS) is 25.5. The molecule has 3 aromatic rings. The number of rotatable bonds is 2. The van der Waals surface area contributed by atoms with E-state index in [9.17, 15) is 5.26 Å². The third-order valence-electron chi connectivity index (χ3n) is 7.33. The molecule has 0 bridgehead atoms. The molecule has 5 heterocycles. The molecule has 2 saturated heterocycles. The van der Waals surface area contributed by atoms with Gasteiger partial charge in [0.1, 0.15) is 11.8 Å². The standard InChI is InChI=1S/C25H29N7O/c1-17-12-30(23-5-3-21(11-26)32-24(23)6-7-28-32)15-25-22-4-2-20(10-18(22)13-31(17)25)29-8-9-33-16-19(27)14-29/h2-7,10,17,19,25H,8-9,12-16,27H2,1H3/t17-,19-,25-/m1/s1. The average Bonchev–Trinajstić information content (AvgIpc) is 3.39. The number of hydrogen-bond acceptors (Lipinski definition) is 7. The van der Waals surface area contributed by atoms with Gasteiger partial charge in [-0.1, -0.05) is 6.07 Å². The van der Waals surface area contributed by atoms with Crippen molar-refractivity contribution >= 4 is 16.9 Å². The fourth-order valence-corrected chi connectivity index (χ4v) is 5.73. The van der Waals surface area contributed by atoms with E-state index in [0.717, 1.165) is 50.5 Å². The molecule has 2 fully saturated rings. The Labute approximate surface area is 193 Å². The fraction of sp³-hybridized carbons (Fsp3) is 0.440. The molecule has 0 radical (unpaired) electrons. The molecule has 2 aromatic heterocycles. The van der Waals surface area contributed by atoms with Gasteiger partial charge in [-0.3, -0.25) is 4.90 Å². The van der Waals surface area contributed by atoms with Crippen LogP contribution in [0, 0.1) is 11.3 Å². The Balaban J connectivity index is 1.30. The first-order valence-corrected chi connectivity index (χ1v) is 11.7. The van der Waals surface area contributed by atoms with E-state index in [-0.39, 0.29) is 6.04 Å². The molecule has 33 heavy (non-hydrogen) atoms. The zero-order valence-corrected chi connectivity index (χ0v) is 18.9. The van der Waals surface area contributed by atoms with E-state index in [4.69, 9.17) is 10.5 Å². The molecular weight excluding hydrogens is 414 g/mol. The topological polar surface area (TPSA) is 86.1 Å². The number of hydrogen-bond donors (Lipinski definition) is 1. The van der Waals surface area contributed by atoms with Crippen molar-refractivity contribution in [2.45, 2.75) is 31.6 Å². The Morgan fingerprint density at radius 2 is 2.03 bits per heavy atom. The molecule has 3 aliphatic heterocycles. The second-order valence-electron chi connectivity index (χ2n) is 9.45. The average molecular weight is 444 g/mol. The lowest BCUT2D eigenvalue weighted by Crippen LogP contribution is -2.51. The van der Waals surface area contributed by atoms with E-state index in [1.165, 1.54) is 16.8 Å². The van der Waals surface area contributed by atoms with Crippen LogP contribution in [0.5, 0.6) is 0 Å². The van der Waals surface area contributed by atoms with Gasteiger partial charge in [-0.2, -0.15) is 10.4 Å². The van der Waals surface area contributed by atoms with E-state index < -0.39 is 0 Å². The van der Waals surface area contributed by atoms with Gasteiger partial charge in [0.2, 0.25) is 0 Å². The van der Waals surface area contributed by atoms with E-state index in [0.29, 0.717) is 24.4 Å². The van der Waals surface area contributed by atoms with Crippen molar-refractivity contribution < 1.29 is 4.74 Å². The fourth-order valence-electron chi connectivity index (χ4n) is 5.73. The highest BCUT2D eigenvalue weighted by Crippen LogP contribution is 2.41. The predicted octanol–water partition coefficient (Wildman–Crippen LogP) is 2.14. The van der Waals surface area contributed by atoms with Gasteiger partial charge >= 0.3 is 0 Å². The van der Waals surface area contributed by atoms with Crippen molar-refractivity contribution in [2.24, 2.45) is 5.73 Å². The van der Waals surface area contributed by atoms with Gasteiger partial charge in [-0.05, 0) is 48.4 Å². The summed E-state index contributed by atoms with van der Waals surface area (Å²) in [4.78, 5) is 7.44. The Bertz CT molecular complexity index is 1230. The molecule has 1 aromatic carbocycles. The Morgan fingerprint density at radius 3 is 2.91 bits per heavy atom. The smallest absolute Gasteiger partial charge is 0.142 e. The second-order valence-corrected chi connectivity index (χ2v) is 9.45. The number of pyridine rings is 1. The maximum absolute atomic E-state index is 9.43. The Kier molecular flexibility index (Phi) is 4.98. The Hall–Kier alpha value is -3.12. The molecule has 8 heteroatoms. The van der Waals surface area contributed by atoms with Crippen molar-refractivity contribution in [1.82, 2.24) is 14.5 Å². The number of fused-ring (bicyclic) bond motifs is 4. The van der Waals surface area contributed by atoms with Crippen LogP contribution in [0.3, 0.4) is 0 Å². The molecule has 0 saturated carbocycles. The first-order chi connectivity index (χ1) is 16.1. The lowest BCUT2D eigenvalue weighted by Gasteiger charge is -2.43. The highest BCUT2D eigenvalue weighted by molar-refractivity contribution is 5.74. The van der Waals surface area contributed by atoms with E-state index in [1.807, 2.05) is 12.1 Å². The lowest BCUT2D eigenvalue weighted by atomic mass is 10.0. The summed E-state index contributed by atoms with van der Waals surface area (Å²) in [5.74, 6) is 0. The highest BCUT2D eigenvalue weighted by atomic mass is 16.5. The number of piperazine rings is 1. The van der Waals surface area contributed by atoms with Crippen molar-refractivity contribution in [3.8, 4) is 6.07 Å². The first-order valence-electron chi connectivity index (χ1n) is 11.7.